The number of hydrogen-bond acceptors (Lipinski definition) is 6. The second kappa shape index (κ2) is 8.75. The normalized spacial score (nSPS) is 11.7. The minimum atomic E-state index is -3.87. The third-order valence-corrected chi connectivity index (χ3v) is 6.61. The summed E-state index contributed by atoms with van der Waals surface area (Å²) in [6.45, 7) is -0.0445. The van der Waals surface area contributed by atoms with Gasteiger partial charge in [-0.3, -0.25) is 0 Å². The highest BCUT2D eigenvalue weighted by molar-refractivity contribution is 7.89. The molecule has 0 fully saturated rings. The van der Waals surface area contributed by atoms with E-state index in [1.165, 1.54) is 34.8 Å². The molecule has 0 saturated carbocycles. The van der Waals surface area contributed by atoms with Crippen molar-refractivity contribution in [2.24, 2.45) is 0 Å². The lowest BCUT2D eigenvalue weighted by atomic mass is 10.2. The van der Waals surface area contributed by atoms with E-state index in [9.17, 15) is 12.8 Å². The third kappa shape index (κ3) is 4.62. The molecule has 0 bridgehead atoms. The molecule has 4 aromatic rings. The quantitative estimate of drug-likeness (QED) is 0.405. The largest absolute Gasteiger partial charge is 0.475 e. The van der Waals surface area contributed by atoms with Gasteiger partial charge in [0.2, 0.25) is 15.9 Å². The minimum Gasteiger partial charge on any atom is -0.475 e. The van der Waals surface area contributed by atoms with Crippen LogP contribution < -0.4 is 9.46 Å². The van der Waals surface area contributed by atoms with Gasteiger partial charge in [-0.25, -0.2) is 17.5 Å². The van der Waals surface area contributed by atoms with Crippen LogP contribution in [0, 0.1) is 5.82 Å². The van der Waals surface area contributed by atoms with Crippen LogP contribution in [0.3, 0.4) is 0 Å². The lowest BCUT2D eigenvalue weighted by Crippen LogP contribution is -2.28. The van der Waals surface area contributed by atoms with Crippen LogP contribution in [0.4, 0.5) is 4.39 Å². The molecule has 0 aliphatic rings. The molecule has 0 unspecified atom stereocenters. The molecule has 8 nitrogen and oxygen atoms in total. The summed E-state index contributed by atoms with van der Waals surface area (Å²) in [5.41, 5.74) is 0.950. The molecule has 0 aliphatic heterocycles. The summed E-state index contributed by atoms with van der Waals surface area (Å²) >= 11 is 11.9. The van der Waals surface area contributed by atoms with Gasteiger partial charge in [-0.1, -0.05) is 41.4 Å². The lowest BCUT2D eigenvalue weighted by molar-refractivity contribution is 0.306. The number of nitrogens with one attached hydrogen (secondary N) is 1. The number of fused-ring (bicyclic) bond motifs is 1. The number of nitrogens with zero attached hydrogens (tertiary/aromatic N) is 4. The number of sulfonamides is 1. The maximum absolute atomic E-state index is 13.5. The van der Waals surface area contributed by atoms with Crippen molar-refractivity contribution < 1.29 is 17.5 Å². The molecule has 2 heterocycles. The molecule has 0 atom stereocenters. The Kier molecular flexibility index (Phi) is 6.05. The molecule has 0 aliphatic carbocycles. The van der Waals surface area contributed by atoms with E-state index in [1.807, 2.05) is 0 Å². The van der Waals surface area contributed by atoms with Gasteiger partial charge in [-0.05, 0) is 30.3 Å². The number of hydrogen-bond donors (Lipinski definition) is 1. The number of aromatic nitrogens is 4. The molecule has 1 N–H and O–H groups in total. The van der Waals surface area contributed by atoms with Crippen molar-refractivity contribution in [3.05, 3.63) is 70.5 Å². The summed E-state index contributed by atoms with van der Waals surface area (Å²) in [6.07, 6.45) is 0. The Morgan fingerprint density at radius 1 is 1.06 bits per heavy atom. The number of ether oxygens (including phenoxy) is 1. The van der Waals surface area contributed by atoms with Crippen LogP contribution in [0.2, 0.25) is 10.0 Å². The summed E-state index contributed by atoms with van der Waals surface area (Å²) in [5, 5.41) is 12.4. The van der Waals surface area contributed by atoms with Crippen LogP contribution in [0.15, 0.2) is 59.5 Å². The third-order valence-electron chi connectivity index (χ3n) is 4.17. The Morgan fingerprint density at radius 3 is 2.68 bits per heavy atom. The predicted octanol–water partition coefficient (Wildman–Crippen LogP) is 3.59. The van der Waals surface area contributed by atoms with Gasteiger partial charge in [0.1, 0.15) is 17.3 Å². The predicted molar refractivity (Wildman–Crippen MR) is 113 cm³/mol. The molecule has 2 aromatic heterocycles. The summed E-state index contributed by atoms with van der Waals surface area (Å²) in [4.78, 5) is -0.120. The zero-order valence-corrected chi connectivity index (χ0v) is 18.0. The van der Waals surface area contributed by atoms with E-state index < -0.39 is 15.8 Å². The van der Waals surface area contributed by atoms with Crippen molar-refractivity contribution in [1.82, 2.24) is 24.5 Å². The van der Waals surface area contributed by atoms with E-state index in [0.717, 1.165) is 0 Å². The summed E-state index contributed by atoms with van der Waals surface area (Å²) in [6, 6.07) is 13.4. The van der Waals surface area contributed by atoms with E-state index >= 15 is 0 Å². The van der Waals surface area contributed by atoms with E-state index in [1.54, 1.807) is 24.3 Å². The van der Waals surface area contributed by atoms with Crippen molar-refractivity contribution in [2.45, 2.75) is 4.90 Å². The summed E-state index contributed by atoms with van der Waals surface area (Å²) in [7, 11) is -3.87. The molecule has 31 heavy (non-hydrogen) atoms. The molecule has 0 spiro atoms. The van der Waals surface area contributed by atoms with Crippen molar-refractivity contribution in [3.8, 4) is 17.3 Å². The van der Waals surface area contributed by atoms with Gasteiger partial charge >= 0.3 is 0 Å². The smallest absolute Gasteiger partial charge is 0.242 e. The molecule has 0 amide bonds. The minimum absolute atomic E-state index is 0.00660. The first-order chi connectivity index (χ1) is 14.8. The molecule has 4 rings (SSSR count). The first-order valence-corrected chi connectivity index (χ1v) is 11.1. The Bertz CT molecular complexity index is 1360. The topological polar surface area (TPSA) is 98.5 Å². The van der Waals surface area contributed by atoms with Crippen LogP contribution in [0.25, 0.3) is 17.0 Å². The van der Waals surface area contributed by atoms with E-state index in [4.69, 9.17) is 27.9 Å². The molecule has 12 heteroatoms. The maximum Gasteiger partial charge on any atom is 0.242 e. The van der Waals surface area contributed by atoms with Gasteiger partial charge in [-0.15, -0.1) is 15.3 Å². The van der Waals surface area contributed by atoms with Crippen molar-refractivity contribution >= 4 is 38.9 Å². The highest BCUT2D eigenvalue weighted by atomic mass is 35.5. The monoisotopic (exact) mass is 481 g/mol. The average molecular weight is 482 g/mol. The zero-order chi connectivity index (χ0) is 22.0. The molecular formula is C19H14Cl2FN5O3S. The van der Waals surface area contributed by atoms with E-state index in [-0.39, 0.29) is 34.0 Å². The van der Waals surface area contributed by atoms with Crippen LogP contribution in [-0.4, -0.2) is 41.4 Å². The zero-order valence-electron chi connectivity index (χ0n) is 15.7. The molecular weight excluding hydrogens is 468 g/mol. The van der Waals surface area contributed by atoms with E-state index in [0.29, 0.717) is 17.0 Å². The van der Waals surface area contributed by atoms with Crippen LogP contribution in [0.5, 0.6) is 5.88 Å². The fraction of sp³-hybridized carbons (Fsp3) is 0.105. The second-order valence-electron chi connectivity index (χ2n) is 6.27. The standard InChI is InChI=1S/C19H14Cl2FN5O3S/c20-14-5-2-6-15(18(14)21)31(28,29)23-9-10-30-17-8-7-16-24-25-19(27(16)26-17)12-3-1-4-13(22)11-12/h1-8,11,23H,9-10H2. The SMILES string of the molecule is O=S(=O)(NCCOc1ccc2nnc(-c3cccc(F)c3)n2n1)c1cccc(Cl)c1Cl. The molecule has 2 aromatic carbocycles. The Labute approximate surface area is 186 Å². The van der Waals surface area contributed by atoms with Crippen molar-refractivity contribution in [2.75, 3.05) is 13.2 Å². The van der Waals surface area contributed by atoms with Gasteiger partial charge in [0.05, 0.1) is 10.0 Å². The number of halogens is 3. The van der Waals surface area contributed by atoms with Gasteiger partial charge in [-0.2, -0.15) is 4.52 Å². The lowest BCUT2D eigenvalue weighted by Gasteiger charge is -2.10. The maximum atomic E-state index is 13.5. The van der Waals surface area contributed by atoms with E-state index in [2.05, 4.69) is 20.0 Å². The first-order valence-electron chi connectivity index (χ1n) is 8.90. The Morgan fingerprint density at radius 2 is 1.87 bits per heavy atom. The fourth-order valence-electron chi connectivity index (χ4n) is 2.76. The Balaban J connectivity index is 1.45. The average Bonchev–Trinajstić information content (AvgIpc) is 3.16. The highest BCUT2D eigenvalue weighted by Crippen LogP contribution is 2.28. The van der Waals surface area contributed by atoms with Gasteiger partial charge in [0.15, 0.2) is 11.5 Å². The van der Waals surface area contributed by atoms with Crippen LogP contribution >= 0.6 is 23.2 Å². The van der Waals surface area contributed by atoms with Crippen molar-refractivity contribution in [3.63, 3.8) is 0 Å². The number of benzene rings is 2. The van der Waals surface area contributed by atoms with Crippen molar-refractivity contribution in [1.29, 1.82) is 0 Å². The van der Waals surface area contributed by atoms with Gasteiger partial charge in [0, 0.05) is 18.2 Å². The molecule has 160 valence electrons. The fourth-order valence-corrected chi connectivity index (χ4v) is 4.53. The Hall–Kier alpha value is -2.79. The van der Waals surface area contributed by atoms with Crippen LogP contribution in [0.1, 0.15) is 0 Å². The van der Waals surface area contributed by atoms with Gasteiger partial charge in [0.25, 0.3) is 0 Å². The summed E-state index contributed by atoms with van der Waals surface area (Å²) in [5.74, 6) is 0.148. The van der Waals surface area contributed by atoms with Crippen LogP contribution in [-0.2, 0) is 10.0 Å². The second-order valence-corrected chi connectivity index (χ2v) is 8.79. The molecule has 0 radical (unpaired) electrons. The summed E-state index contributed by atoms with van der Waals surface area (Å²) < 4.78 is 47.7. The number of rotatable bonds is 7. The van der Waals surface area contributed by atoms with Gasteiger partial charge < -0.3 is 4.74 Å². The molecule has 0 saturated heterocycles. The first kappa shape index (κ1) is 21.4. The highest BCUT2D eigenvalue weighted by Gasteiger charge is 2.19.